The molecule has 1 saturated carbocycles. The molecular weight excluding hydrogens is 730 g/mol. The zero-order valence-corrected chi connectivity index (χ0v) is 31.9. The molecule has 6 rings (SSSR count). The minimum Gasteiger partial charge on any atom is -0.479 e. The molecule has 56 heavy (non-hydrogen) atoms. The molecule has 3 heterocycles. The number of aliphatic carboxylic acids is 1. The predicted octanol–water partition coefficient (Wildman–Crippen LogP) is 1.32. The van der Waals surface area contributed by atoms with Crippen LogP contribution in [0.25, 0.3) is 0 Å². The number of rotatable bonds is 16. The zero-order valence-electron chi connectivity index (χ0n) is 31.9. The highest BCUT2D eigenvalue weighted by molar-refractivity contribution is 5.72. The molecule has 2 aromatic rings. The number of aliphatic hydroxyl groups excluding tert-OH is 6. The van der Waals surface area contributed by atoms with Crippen LogP contribution in [-0.2, 0) is 46.3 Å². The second kappa shape index (κ2) is 20.4. The average molecular weight is 790 g/mol. The number of carbonyl (C=O) groups is 1. The topological polar surface area (TPSA) is 217 Å². The maximum Gasteiger partial charge on any atom is 0.332 e. The minimum absolute atomic E-state index is 0.125. The lowest BCUT2D eigenvalue weighted by molar-refractivity contribution is -0.356. The third-order valence-electron chi connectivity index (χ3n) is 11.5. The molecule has 1 aliphatic carbocycles. The van der Waals surface area contributed by atoms with E-state index < -0.39 is 98.4 Å². The molecule has 0 radical (unpaired) electrons. The Morgan fingerprint density at radius 2 is 1.38 bits per heavy atom. The van der Waals surface area contributed by atoms with Crippen molar-refractivity contribution in [2.75, 3.05) is 19.8 Å². The predicted molar refractivity (Wildman–Crippen MR) is 199 cm³/mol. The molecule has 1 unspecified atom stereocenters. The van der Waals surface area contributed by atoms with Gasteiger partial charge in [-0.3, -0.25) is 4.90 Å². The third kappa shape index (κ3) is 10.9. The van der Waals surface area contributed by atoms with Gasteiger partial charge in [0.15, 0.2) is 18.7 Å². The van der Waals surface area contributed by atoms with Crippen LogP contribution in [0.15, 0.2) is 60.7 Å². The normalized spacial score (nSPS) is 36.3. The van der Waals surface area contributed by atoms with Crippen molar-refractivity contribution in [1.29, 1.82) is 0 Å². The Labute approximate surface area is 327 Å². The van der Waals surface area contributed by atoms with Gasteiger partial charge in [0.05, 0.1) is 24.9 Å². The second-order valence-corrected chi connectivity index (χ2v) is 15.7. The van der Waals surface area contributed by atoms with E-state index in [1.165, 1.54) is 0 Å². The third-order valence-corrected chi connectivity index (χ3v) is 11.5. The van der Waals surface area contributed by atoms with Crippen LogP contribution in [0, 0.1) is 5.92 Å². The van der Waals surface area contributed by atoms with Crippen LogP contribution in [0.4, 0.5) is 0 Å². The van der Waals surface area contributed by atoms with E-state index in [4.69, 9.17) is 28.4 Å². The highest BCUT2D eigenvalue weighted by atomic mass is 16.7. The molecule has 4 fully saturated rings. The van der Waals surface area contributed by atoms with Gasteiger partial charge in [0, 0.05) is 26.2 Å². The molecule has 3 aliphatic heterocycles. The first-order valence-corrected chi connectivity index (χ1v) is 20.0. The number of hydrogen-bond acceptors (Lipinski definition) is 14. The Hall–Kier alpha value is -2.61. The maximum atomic E-state index is 12.4. The van der Waals surface area contributed by atoms with Crippen LogP contribution < -0.4 is 0 Å². The van der Waals surface area contributed by atoms with Crippen molar-refractivity contribution < 1.29 is 69.0 Å². The summed E-state index contributed by atoms with van der Waals surface area (Å²) in [6, 6.07) is 19.8. The van der Waals surface area contributed by atoms with Crippen molar-refractivity contribution >= 4 is 5.97 Å². The van der Waals surface area contributed by atoms with E-state index in [1.54, 1.807) is 6.92 Å². The van der Waals surface area contributed by atoms with Crippen LogP contribution >= 0.6 is 0 Å². The molecule has 312 valence electrons. The molecule has 3 saturated heterocycles. The van der Waals surface area contributed by atoms with Gasteiger partial charge in [-0.2, -0.15) is 0 Å². The molecule has 0 bridgehead atoms. The van der Waals surface area contributed by atoms with Gasteiger partial charge in [0.2, 0.25) is 0 Å². The van der Waals surface area contributed by atoms with E-state index in [9.17, 15) is 40.5 Å². The van der Waals surface area contributed by atoms with Crippen LogP contribution in [-0.4, -0.2) is 152 Å². The van der Waals surface area contributed by atoms with Crippen molar-refractivity contribution in [1.82, 2.24) is 4.90 Å². The number of carboxylic acids is 1. The van der Waals surface area contributed by atoms with Crippen molar-refractivity contribution in [2.24, 2.45) is 5.92 Å². The van der Waals surface area contributed by atoms with Crippen molar-refractivity contribution in [3.05, 3.63) is 71.8 Å². The number of nitrogens with zero attached hydrogens (tertiary/aromatic N) is 1. The fourth-order valence-electron chi connectivity index (χ4n) is 8.34. The summed E-state index contributed by atoms with van der Waals surface area (Å²) in [7, 11) is 0. The summed E-state index contributed by atoms with van der Waals surface area (Å²) >= 11 is 0. The molecule has 14 atom stereocenters. The van der Waals surface area contributed by atoms with Gasteiger partial charge < -0.3 is 64.2 Å². The average Bonchev–Trinajstić information content (AvgIpc) is 3.20. The lowest BCUT2D eigenvalue weighted by Gasteiger charge is -2.47. The van der Waals surface area contributed by atoms with E-state index >= 15 is 0 Å². The largest absolute Gasteiger partial charge is 0.479 e. The summed E-state index contributed by atoms with van der Waals surface area (Å²) in [4.78, 5) is 14.6. The van der Waals surface area contributed by atoms with E-state index in [-0.39, 0.29) is 25.4 Å². The van der Waals surface area contributed by atoms with Crippen molar-refractivity contribution in [3.8, 4) is 0 Å². The summed E-state index contributed by atoms with van der Waals surface area (Å²) in [6.45, 7) is 2.47. The quantitative estimate of drug-likeness (QED) is 0.128. The molecular formula is C41H59NO14. The zero-order chi connectivity index (χ0) is 39.8. The van der Waals surface area contributed by atoms with Gasteiger partial charge in [-0.25, -0.2) is 4.79 Å². The van der Waals surface area contributed by atoms with E-state index in [0.29, 0.717) is 19.6 Å². The highest BCUT2D eigenvalue weighted by Crippen LogP contribution is 2.34. The standard InChI is InChI=1S/C41H59NO14/c1-24-32(44)34(46)35(47)40(52-24)56-37-28(17-18-51-30(37)22-42(20-26-13-7-3-8-14-26)21-27-15-9-4-10-16-27)54-41-36(48)38(33(45)31(23-43)55-41)53-29(39(49)50)19-25-11-5-2-6-12-25/h3-4,7-10,13-16,24-25,28-38,40-41,43-48H,2,5-6,11-12,17-23H2,1H3,(H,49,50)/t24-,28+,29+,30?,31+,32+,33-,34-,35+,36-,37-,38+,40-,41+/m1/s1. The van der Waals surface area contributed by atoms with Crippen LogP contribution in [0.1, 0.15) is 63.0 Å². The Kier molecular flexibility index (Phi) is 15.6. The maximum absolute atomic E-state index is 12.4. The van der Waals surface area contributed by atoms with Gasteiger partial charge in [0.25, 0.3) is 0 Å². The molecule has 7 N–H and O–H groups in total. The fourth-order valence-corrected chi connectivity index (χ4v) is 8.34. The minimum atomic E-state index is -1.68. The van der Waals surface area contributed by atoms with Gasteiger partial charge >= 0.3 is 5.97 Å². The lowest BCUT2D eigenvalue weighted by Crippen LogP contribution is -2.64. The van der Waals surface area contributed by atoms with E-state index in [2.05, 4.69) is 4.90 Å². The molecule has 2 aromatic carbocycles. The van der Waals surface area contributed by atoms with E-state index in [1.807, 2.05) is 60.7 Å². The SMILES string of the molecule is C[C@H]1O[C@H](O[C@H]2C(CN(Cc3ccccc3)Cc3ccccc3)OCC[C@@H]2O[C@H]2O[C@@H](CO)[C@@H](O)[C@H](O[C@@H](CC3CCCCC3)C(=O)O)[C@H]2O)[C@@H](O)[C@H](O)[C@H]1O. The molecule has 15 nitrogen and oxygen atoms in total. The molecule has 4 aliphatic rings. The number of carboxylic acid groups (broad SMARTS) is 1. The Morgan fingerprint density at radius 1 is 0.750 bits per heavy atom. The van der Waals surface area contributed by atoms with Crippen LogP contribution in [0.5, 0.6) is 0 Å². The second-order valence-electron chi connectivity index (χ2n) is 15.7. The summed E-state index contributed by atoms with van der Waals surface area (Å²) in [6.07, 6.45) is -13.1. The van der Waals surface area contributed by atoms with Crippen LogP contribution in [0.3, 0.4) is 0 Å². The number of benzene rings is 2. The lowest BCUT2D eigenvalue weighted by atomic mass is 9.85. The summed E-state index contributed by atoms with van der Waals surface area (Å²) in [5.74, 6) is -1.09. The summed E-state index contributed by atoms with van der Waals surface area (Å²) in [5, 5.41) is 75.2. The van der Waals surface area contributed by atoms with Crippen LogP contribution in [0.2, 0.25) is 0 Å². The van der Waals surface area contributed by atoms with Gasteiger partial charge in [-0.15, -0.1) is 0 Å². The van der Waals surface area contributed by atoms with Crippen molar-refractivity contribution in [3.63, 3.8) is 0 Å². The first kappa shape index (κ1) is 43.0. The van der Waals surface area contributed by atoms with Gasteiger partial charge in [-0.1, -0.05) is 92.8 Å². The Balaban J connectivity index is 1.25. The van der Waals surface area contributed by atoms with Crippen molar-refractivity contribution in [2.45, 2.75) is 151 Å². The number of ether oxygens (including phenoxy) is 6. The monoisotopic (exact) mass is 789 g/mol. The molecule has 0 amide bonds. The Morgan fingerprint density at radius 3 is 1.98 bits per heavy atom. The molecule has 0 spiro atoms. The fraction of sp³-hybridized carbons (Fsp3) is 0.683. The molecule has 0 aromatic heterocycles. The van der Waals surface area contributed by atoms with Gasteiger partial charge in [-0.05, 0) is 36.8 Å². The smallest absolute Gasteiger partial charge is 0.332 e. The number of hydrogen-bond donors (Lipinski definition) is 7. The number of aliphatic hydroxyl groups is 6. The van der Waals surface area contributed by atoms with Gasteiger partial charge in [0.1, 0.15) is 48.8 Å². The first-order valence-electron chi connectivity index (χ1n) is 20.0. The highest BCUT2D eigenvalue weighted by Gasteiger charge is 2.51. The first-order chi connectivity index (χ1) is 27.0. The van der Waals surface area contributed by atoms with E-state index in [0.717, 1.165) is 43.2 Å². The Bertz CT molecular complexity index is 1430. The summed E-state index contributed by atoms with van der Waals surface area (Å²) < 4.78 is 37.0. The summed E-state index contributed by atoms with van der Waals surface area (Å²) in [5.41, 5.74) is 2.12. The molecule has 15 heteroatoms.